The molecule has 0 spiro atoms. The van der Waals surface area contributed by atoms with Crippen molar-refractivity contribution in [3.63, 3.8) is 0 Å². The number of rotatable bonds is 4. The fraction of sp³-hybridized carbons (Fsp3) is 0.100. The molecule has 0 radical (unpaired) electrons. The Balaban J connectivity index is 1.97. The fourth-order valence-corrected chi connectivity index (χ4v) is 1.30. The molecular formula is C10H8N4O5. The molecular weight excluding hydrogens is 256 g/mol. The maximum Gasteiger partial charge on any atom is 0.433 e. The van der Waals surface area contributed by atoms with Crippen LogP contribution in [-0.4, -0.2) is 34.6 Å². The summed E-state index contributed by atoms with van der Waals surface area (Å²) in [7, 11) is 0. The number of hydrazone groups is 1. The van der Waals surface area contributed by atoms with Crippen LogP contribution >= 0.6 is 0 Å². The molecule has 19 heavy (non-hydrogen) atoms. The lowest BCUT2D eigenvalue weighted by Crippen LogP contribution is -2.25. The summed E-state index contributed by atoms with van der Waals surface area (Å²) in [6.45, 7) is -0.0791. The highest BCUT2D eigenvalue weighted by molar-refractivity contribution is 6.02. The highest BCUT2D eigenvalue weighted by Crippen LogP contribution is 2.16. The second kappa shape index (κ2) is 5.12. The molecule has 9 nitrogen and oxygen atoms in total. The molecule has 0 unspecified atom stereocenters. The van der Waals surface area contributed by atoms with Crippen molar-refractivity contribution in [2.45, 2.75) is 0 Å². The van der Waals surface area contributed by atoms with Crippen LogP contribution in [0, 0.1) is 10.1 Å². The van der Waals surface area contributed by atoms with E-state index >= 15 is 0 Å². The van der Waals surface area contributed by atoms with E-state index in [1.807, 2.05) is 0 Å². The highest BCUT2D eigenvalue weighted by atomic mass is 16.6. The van der Waals surface area contributed by atoms with E-state index in [1.165, 1.54) is 30.5 Å². The maximum absolute atomic E-state index is 11.1. The van der Waals surface area contributed by atoms with Crippen molar-refractivity contribution in [3.8, 4) is 0 Å². The van der Waals surface area contributed by atoms with Crippen molar-refractivity contribution in [2.75, 3.05) is 6.54 Å². The highest BCUT2D eigenvalue weighted by Gasteiger charge is 2.27. The first kappa shape index (κ1) is 12.5. The SMILES string of the molecule is O=C1CNC(=O)N1/N=C/C=C/c1ccc([N+](=O)[O-])o1. The Bertz CT molecular complexity index is 572. The molecule has 0 aliphatic carbocycles. The average molecular weight is 264 g/mol. The number of hydrogen-bond donors (Lipinski definition) is 1. The molecule has 1 aromatic rings. The molecule has 1 N–H and O–H groups in total. The van der Waals surface area contributed by atoms with Gasteiger partial charge in [0, 0.05) is 6.21 Å². The van der Waals surface area contributed by atoms with Gasteiger partial charge in [0.05, 0.1) is 6.07 Å². The summed E-state index contributed by atoms with van der Waals surface area (Å²) < 4.78 is 4.85. The molecule has 1 aliphatic heterocycles. The zero-order valence-corrected chi connectivity index (χ0v) is 9.48. The lowest BCUT2D eigenvalue weighted by atomic mass is 10.4. The molecule has 98 valence electrons. The van der Waals surface area contributed by atoms with Gasteiger partial charge in [0.2, 0.25) is 0 Å². The largest absolute Gasteiger partial charge is 0.433 e. The quantitative estimate of drug-likeness (QED) is 0.372. The summed E-state index contributed by atoms with van der Waals surface area (Å²) in [4.78, 5) is 31.9. The normalized spacial score (nSPS) is 15.7. The van der Waals surface area contributed by atoms with Crippen LogP contribution in [0.1, 0.15) is 5.76 Å². The second-order valence-corrected chi connectivity index (χ2v) is 3.42. The van der Waals surface area contributed by atoms with E-state index in [0.29, 0.717) is 5.01 Å². The molecule has 9 heteroatoms. The summed E-state index contributed by atoms with van der Waals surface area (Å²) in [6, 6.07) is 2.04. The minimum absolute atomic E-state index is 0.0791. The van der Waals surface area contributed by atoms with Gasteiger partial charge in [-0.3, -0.25) is 14.9 Å². The summed E-state index contributed by atoms with van der Waals surface area (Å²) in [5.74, 6) is -0.565. The first-order valence-electron chi connectivity index (χ1n) is 5.13. The van der Waals surface area contributed by atoms with Crippen molar-refractivity contribution in [1.29, 1.82) is 0 Å². The number of nitrogens with zero attached hydrogens (tertiary/aromatic N) is 3. The molecule has 2 rings (SSSR count). The summed E-state index contributed by atoms with van der Waals surface area (Å²) in [6.07, 6.45) is 4.01. The van der Waals surface area contributed by atoms with E-state index in [9.17, 15) is 19.7 Å². The number of furan rings is 1. The van der Waals surface area contributed by atoms with Crippen LogP contribution in [0.4, 0.5) is 10.7 Å². The van der Waals surface area contributed by atoms with E-state index in [4.69, 9.17) is 4.42 Å². The van der Waals surface area contributed by atoms with E-state index in [0.717, 1.165) is 0 Å². The van der Waals surface area contributed by atoms with Crippen LogP contribution in [0.3, 0.4) is 0 Å². The number of carbonyl (C=O) groups excluding carboxylic acids is 2. The van der Waals surface area contributed by atoms with Crippen molar-refractivity contribution in [2.24, 2.45) is 5.10 Å². The van der Waals surface area contributed by atoms with E-state index in [-0.39, 0.29) is 18.2 Å². The predicted molar refractivity (Wildman–Crippen MR) is 63.1 cm³/mol. The standard InChI is InChI=1S/C10H8N4O5/c15-8-6-11-10(16)13(8)12-5-1-2-7-3-4-9(19-7)14(17)18/h1-5H,6H2,(H,11,16)/b2-1+,12-5+. The minimum Gasteiger partial charge on any atom is -0.401 e. The van der Waals surface area contributed by atoms with Gasteiger partial charge in [-0.1, -0.05) is 0 Å². The monoisotopic (exact) mass is 264 g/mol. The number of nitrogens with one attached hydrogen (secondary N) is 1. The molecule has 2 heterocycles. The lowest BCUT2D eigenvalue weighted by molar-refractivity contribution is -0.402. The van der Waals surface area contributed by atoms with E-state index in [2.05, 4.69) is 10.4 Å². The molecule has 3 amide bonds. The zero-order valence-electron chi connectivity index (χ0n) is 9.48. The Morgan fingerprint density at radius 2 is 2.26 bits per heavy atom. The maximum atomic E-state index is 11.1. The predicted octanol–water partition coefficient (Wildman–Crippen LogP) is 0.739. The van der Waals surface area contributed by atoms with Crippen molar-refractivity contribution < 1.29 is 18.9 Å². The average Bonchev–Trinajstić information content (AvgIpc) is 2.95. The summed E-state index contributed by atoms with van der Waals surface area (Å²) >= 11 is 0. The molecule has 1 aliphatic rings. The van der Waals surface area contributed by atoms with Crippen LogP contribution in [0.15, 0.2) is 27.7 Å². The third-order valence-corrected chi connectivity index (χ3v) is 2.14. The Hall–Kier alpha value is -2.97. The van der Waals surface area contributed by atoms with Gasteiger partial charge in [-0.25, -0.2) is 4.79 Å². The van der Waals surface area contributed by atoms with Gasteiger partial charge in [0.15, 0.2) is 0 Å². The van der Waals surface area contributed by atoms with Crippen molar-refractivity contribution in [1.82, 2.24) is 10.3 Å². The number of imide groups is 1. The number of hydrogen-bond acceptors (Lipinski definition) is 6. The van der Waals surface area contributed by atoms with Gasteiger partial charge in [0.1, 0.15) is 17.2 Å². The second-order valence-electron chi connectivity index (χ2n) is 3.42. The Morgan fingerprint density at radius 3 is 2.84 bits per heavy atom. The molecule has 1 fully saturated rings. The van der Waals surface area contributed by atoms with Crippen molar-refractivity contribution in [3.05, 3.63) is 34.1 Å². The molecule has 0 atom stereocenters. The van der Waals surface area contributed by atoms with Crippen LogP contribution < -0.4 is 5.32 Å². The topological polar surface area (TPSA) is 118 Å². The summed E-state index contributed by atoms with van der Waals surface area (Å²) in [5, 5.41) is 17.0. The molecule has 0 aromatic carbocycles. The van der Waals surface area contributed by atoms with Gasteiger partial charge in [-0.05, 0) is 18.2 Å². The molecule has 0 saturated carbocycles. The molecule has 0 bridgehead atoms. The first-order chi connectivity index (χ1) is 9.08. The van der Waals surface area contributed by atoms with Gasteiger partial charge < -0.3 is 9.73 Å². The van der Waals surface area contributed by atoms with Crippen molar-refractivity contribution >= 4 is 30.1 Å². The van der Waals surface area contributed by atoms with Crippen LogP contribution in [0.25, 0.3) is 6.08 Å². The number of allylic oxidation sites excluding steroid dienone is 1. The zero-order chi connectivity index (χ0) is 13.8. The number of amides is 3. The van der Waals surface area contributed by atoms with Gasteiger partial charge in [-0.2, -0.15) is 5.10 Å². The van der Waals surface area contributed by atoms with Crippen LogP contribution in [0.5, 0.6) is 0 Å². The van der Waals surface area contributed by atoms with E-state index < -0.39 is 16.9 Å². The third-order valence-electron chi connectivity index (χ3n) is 2.14. The van der Waals surface area contributed by atoms with Crippen LogP contribution in [-0.2, 0) is 4.79 Å². The lowest BCUT2D eigenvalue weighted by Gasteiger charge is -2.01. The molecule has 1 saturated heterocycles. The van der Waals surface area contributed by atoms with Crippen LogP contribution in [0.2, 0.25) is 0 Å². The van der Waals surface area contributed by atoms with Gasteiger partial charge >= 0.3 is 11.9 Å². The smallest absolute Gasteiger partial charge is 0.401 e. The number of urea groups is 1. The summed E-state index contributed by atoms with van der Waals surface area (Å²) in [5.41, 5.74) is 0. The fourth-order valence-electron chi connectivity index (χ4n) is 1.30. The first-order valence-corrected chi connectivity index (χ1v) is 5.13. The van der Waals surface area contributed by atoms with E-state index in [1.54, 1.807) is 0 Å². The minimum atomic E-state index is -0.654. The Labute approximate surface area is 106 Å². The molecule has 1 aromatic heterocycles. The number of nitro groups is 1. The Kier molecular flexibility index (Phi) is 3.37. The van der Waals surface area contributed by atoms with Gasteiger partial charge in [0.25, 0.3) is 5.91 Å². The number of carbonyl (C=O) groups is 2. The third kappa shape index (κ3) is 2.83. The van der Waals surface area contributed by atoms with Gasteiger partial charge in [-0.15, -0.1) is 5.01 Å². The Morgan fingerprint density at radius 1 is 1.47 bits per heavy atom.